The fraction of sp³-hybridized carbons (Fsp3) is 0.923. The van der Waals surface area contributed by atoms with Gasteiger partial charge in [-0.05, 0) is 104 Å². The van der Waals surface area contributed by atoms with Crippen molar-refractivity contribution >= 4 is 11.9 Å². The van der Waals surface area contributed by atoms with Gasteiger partial charge < -0.3 is 20.6 Å². The van der Waals surface area contributed by atoms with Crippen molar-refractivity contribution in [3.8, 4) is 0 Å². The van der Waals surface area contributed by atoms with Crippen molar-refractivity contribution in [3.05, 3.63) is 0 Å². The van der Waals surface area contributed by atoms with Gasteiger partial charge in [0.1, 0.15) is 6.54 Å². The number of nitrogens with one attached hydrogen (secondary N) is 1. The quantitative estimate of drug-likeness (QED) is 0.496. The summed E-state index contributed by atoms with van der Waals surface area (Å²) < 4.78 is 0. The highest BCUT2D eigenvalue weighted by Crippen LogP contribution is 2.68. The Labute approximate surface area is 192 Å². The molecule has 4 N–H and O–H groups in total. The van der Waals surface area contributed by atoms with E-state index in [9.17, 15) is 19.8 Å². The lowest BCUT2D eigenvalue weighted by Gasteiger charge is -2.62. The lowest BCUT2D eigenvalue weighted by atomic mass is 9.43. The van der Waals surface area contributed by atoms with Crippen LogP contribution in [0.1, 0.15) is 85.0 Å². The number of hydrogen-bond donors (Lipinski definition) is 4. The summed E-state index contributed by atoms with van der Waals surface area (Å²) in [4.78, 5) is 22.7. The van der Waals surface area contributed by atoms with E-state index in [1.54, 1.807) is 0 Å². The number of aliphatic hydroxyl groups is 2. The predicted octanol–water partition coefficient (Wildman–Crippen LogP) is 3.59. The van der Waals surface area contributed by atoms with E-state index < -0.39 is 5.97 Å². The third-order valence-electron chi connectivity index (χ3n) is 10.7. The number of carboxylic acids is 1. The fourth-order valence-corrected chi connectivity index (χ4v) is 9.00. The summed E-state index contributed by atoms with van der Waals surface area (Å²) in [5.41, 5.74) is 0.451. The van der Waals surface area contributed by atoms with Crippen LogP contribution >= 0.6 is 0 Å². The van der Waals surface area contributed by atoms with Gasteiger partial charge in [0.25, 0.3) is 0 Å². The maximum atomic E-state index is 12.0. The SMILES string of the molecule is C[C@H](CCC(=O)NCC(=O)O)[C@H]1CC[C@@H]2[C@H]3[C@H](O)C[C@H]4C[C@H](O)CC[C@]4(C)[C@H]3CC[C@@]21C. The summed E-state index contributed by atoms with van der Waals surface area (Å²) >= 11 is 0. The number of rotatable bonds is 6. The van der Waals surface area contributed by atoms with Gasteiger partial charge >= 0.3 is 5.97 Å². The van der Waals surface area contributed by atoms with Crippen LogP contribution in [0.4, 0.5) is 0 Å². The fourth-order valence-electron chi connectivity index (χ4n) is 9.00. The van der Waals surface area contributed by atoms with Crippen LogP contribution in [0.5, 0.6) is 0 Å². The number of carboxylic acid groups (broad SMARTS) is 1. The normalized spacial score (nSPS) is 46.5. The van der Waals surface area contributed by atoms with E-state index in [-0.39, 0.29) is 35.5 Å². The van der Waals surface area contributed by atoms with E-state index >= 15 is 0 Å². The van der Waals surface area contributed by atoms with Crippen molar-refractivity contribution in [1.29, 1.82) is 0 Å². The van der Waals surface area contributed by atoms with Crippen molar-refractivity contribution in [2.45, 2.75) is 97.2 Å². The molecule has 0 radical (unpaired) electrons. The topological polar surface area (TPSA) is 107 Å². The van der Waals surface area contributed by atoms with E-state index in [4.69, 9.17) is 5.11 Å². The first-order chi connectivity index (χ1) is 15.1. The van der Waals surface area contributed by atoms with Crippen LogP contribution < -0.4 is 5.32 Å². The van der Waals surface area contributed by atoms with Crippen LogP contribution in [-0.2, 0) is 9.59 Å². The second kappa shape index (κ2) is 8.90. The first kappa shape index (κ1) is 24.0. The van der Waals surface area contributed by atoms with Gasteiger partial charge in [-0.15, -0.1) is 0 Å². The summed E-state index contributed by atoms with van der Waals surface area (Å²) in [5.74, 6) is 1.66. The van der Waals surface area contributed by atoms with E-state index in [1.807, 2.05) is 0 Å². The Morgan fingerprint density at radius 3 is 2.41 bits per heavy atom. The van der Waals surface area contributed by atoms with Gasteiger partial charge in [-0.3, -0.25) is 9.59 Å². The lowest BCUT2D eigenvalue weighted by molar-refractivity contribution is -0.174. The highest BCUT2D eigenvalue weighted by atomic mass is 16.4. The van der Waals surface area contributed by atoms with Crippen molar-refractivity contribution in [2.75, 3.05) is 6.54 Å². The minimum absolute atomic E-state index is 0.177. The molecule has 4 fully saturated rings. The Bertz CT molecular complexity index is 727. The van der Waals surface area contributed by atoms with Crippen molar-refractivity contribution in [3.63, 3.8) is 0 Å². The molecule has 0 aromatic heterocycles. The van der Waals surface area contributed by atoms with Crippen LogP contribution in [0.15, 0.2) is 0 Å². The van der Waals surface area contributed by atoms with Crippen LogP contribution in [0.25, 0.3) is 0 Å². The Morgan fingerprint density at radius 1 is 1.00 bits per heavy atom. The van der Waals surface area contributed by atoms with Crippen LogP contribution in [0.3, 0.4) is 0 Å². The molecule has 0 unspecified atom stereocenters. The molecule has 4 aliphatic rings. The molecule has 1 amide bonds. The largest absolute Gasteiger partial charge is 0.480 e. The summed E-state index contributed by atoms with van der Waals surface area (Å²) in [6, 6.07) is 0. The smallest absolute Gasteiger partial charge is 0.322 e. The molecule has 0 saturated heterocycles. The number of hydrogen-bond acceptors (Lipinski definition) is 4. The summed E-state index contributed by atoms with van der Waals surface area (Å²) in [5, 5.41) is 32.8. The van der Waals surface area contributed by atoms with Gasteiger partial charge in [0.05, 0.1) is 12.2 Å². The Kier molecular flexibility index (Phi) is 6.68. The maximum Gasteiger partial charge on any atom is 0.322 e. The third kappa shape index (κ3) is 4.11. The first-order valence-corrected chi connectivity index (χ1v) is 12.9. The van der Waals surface area contributed by atoms with E-state index in [1.165, 1.54) is 12.8 Å². The van der Waals surface area contributed by atoms with Gasteiger partial charge in [-0.25, -0.2) is 0 Å². The highest BCUT2D eigenvalue weighted by molar-refractivity contribution is 5.81. The molecular weight excluding hydrogens is 406 g/mol. The zero-order valence-electron chi connectivity index (χ0n) is 20.1. The highest BCUT2D eigenvalue weighted by Gasteiger charge is 2.62. The Balaban J connectivity index is 1.44. The number of fused-ring (bicyclic) bond motifs is 5. The zero-order valence-corrected chi connectivity index (χ0v) is 20.1. The van der Waals surface area contributed by atoms with Gasteiger partial charge in [-0.1, -0.05) is 20.8 Å². The molecule has 6 nitrogen and oxygen atoms in total. The van der Waals surface area contributed by atoms with Gasteiger partial charge in [0.15, 0.2) is 0 Å². The maximum absolute atomic E-state index is 12.0. The molecule has 32 heavy (non-hydrogen) atoms. The first-order valence-electron chi connectivity index (χ1n) is 12.9. The van der Waals surface area contributed by atoms with Crippen LogP contribution in [-0.4, -0.2) is 45.9 Å². The monoisotopic (exact) mass is 449 g/mol. The second-order valence-electron chi connectivity index (χ2n) is 12.1. The molecule has 4 aliphatic carbocycles. The molecule has 4 saturated carbocycles. The second-order valence-corrected chi connectivity index (χ2v) is 12.1. The molecule has 0 aromatic rings. The summed E-state index contributed by atoms with van der Waals surface area (Å²) in [7, 11) is 0. The molecule has 0 aromatic carbocycles. The summed E-state index contributed by atoms with van der Waals surface area (Å²) in [6.07, 6.45) is 9.06. The molecule has 10 atom stereocenters. The third-order valence-corrected chi connectivity index (χ3v) is 10.7. The average Bonchev–Trinajstić information content (AvgIpc) is 3.09. The standard InChI is InChI=1S/C26H43NO5/c1-15(4-7-22(30)27-14-23(31)32)18-5-6-19-24-20(9-11-26(18,19)3)25(2)10-8-17(28)12-16(25)13-21(24)29/h15-21,24,28-29H,4-14H2,1-3H3,(H,27,30)(H,31,32)/t15-,16-,17-,18-,19-,20+,21-,24-,25+,26-/m1/s1. The average molecular weight is 450 g/mol. The van der Waals surface area contributed by atoms with Gasteiger partial charge in [-0.2, -0.15) is 0 Å². The summed E-state index contributed by atoms with van der Waals surface area (Å²) in [6.45, 7) is 6.83. The van der Waals surface area contributed by atoms with Gasteiger partial charge in [0, 0.05) is 6.42 Å². The molecule has 0 aliphatic heterocycles. The van der Waals surface area contributed by atoms with Crippen LogP contribution in [0, 0.1) is 46.3 Å². The number of amides is 1. The van der Waals surface area contributed by atoms with Crippen molar-refractivity contribution in [2.24, 2.45) is 46.3 Å². The van der Waals surface area contributed by atoms with Crippen LogP contribution in [0.2, 0.25) is 0 Å². The lowest BCUT2D eigenvalue weighted by Crippen LogP contribution is -2.58. The number of aliphatic hydroxyl groups excluding tert-OH is 2. The molecule has 182 valence electrons. The zero-order chi connectivity index (χ0) is 23.3. The molecule has 0 spiro atoms. The predicted molar refractivity (Wildman–Crippen MR) is 122 cm³/mol. The molecule has 0 heterocycles. The number of aliphatic carboxylic acids is 1. The molecule has 0 bridgehead atoms. The number of carbonyl (C=O) groups is 2. The molecule has 6 heteroatoms. The van der Waals surface area contributed by atoms with Gasteiger partial charge in [0.2, 0.25) is 5.91 Å². The van der Waals surface area contributed by atoms with E-state index in [2.05, 4.69) is 26.1 Å². The van der Waals surface area contributed by atoms with Crippen molar-refractivity contribution < 1.29 is 24.9 Å². The number of carbonyl (C=O) groups excluding carboxylic acids is 1. The minimum Gasteiger partial charge on any atom is -0.480 e. The Morgan fingerprint density at radius 2 is 1.69 bits per heavy atom. The Hall–Kier alpha value is -1.14. The van der Waals surface area contributed by atoms with E-state index in [0.29, 0.717) is 41.9 Å². The molecular formula is C26H43NO5. The molecule has 4 rings (SSSR count). The van der Waals surface area contributed by atoms with Crippen molar-refractivity contribution in [1.82, 2.24) is 5.32 Å². The van der Waals surface area contributed by atoms with E-state index in [0.717, 1.165) is 44.9 Å². The minimum atomic E-state index is -1.01.